The maximum atomic E-state index is 11.7. The summed E-state index contributed by atoms with van der Waals surface area (Å²) < 4.78 is 5.26. The minimum absolute atomic E-state index is 0.0167. The standard InChI is InChI=1S/C18H16O2/c1-2-3-4-9-16-17(18(19)20-16)15-11-10-13-7-5-6-8-14(13)12-15/h1,5-8,10-12,16-17H,3-4,9H2/t16-,17-/m1/s1. The van der Waals surface area contributed by atoms with Crippen LogP contribution >= 0.6 is 0 Å². The van der Waals surface area contributed by atoms with Gasteiger partial charge in [-0.15, -0.1) is 12.3 Å². The number of rotatable bonds is 4. The molecule has 0 saturated carbocycles. The van der Waals surface area contributed by atoms with Gasteiger partial charge in [0, 0.05) is 6.42 Å². The molecule has 0 spiro atoms. The van der Waals surface area contributed by atoms with Crippen molar-refractivity contribution in [3.8, 4) is 12.3 Å². The first-order valence-electron chi connectivity index (χ1n) is 6.92. The second-order valence-electron chi connectivity index (χ2n) is 5.16. The van der Waals surface area contributed by atoms with Gasteiger partial charge >= 0.3 is 5.97 Å². The molecule has 0 radical (unpaired) electrons. The predicted octanol–water partition coefficient (Wildman–Crippen LogP) is 3.65. The molecule has 2 nitrogen and oxygen atoms in total. The van der Waals surface area contributed by atoms with Gasteiger partial charge in [0.2, 0.25) is 0 Å². The normalized spacial score (nSPS) is 21.1. The van der Waals surface area contributed by atoms with Gasteiger partial charge in [-0.3, -0.25) is 4.79 Å². The third kappa shape index (κ3) is 2.28. The molecule has 0 unspecified atom stereocenters. The molecule has 2 atom stereocenters. The first-order valence-corrected chi connectivity index (χ1v) is 6.92. The van der Waals surface area contributed by atoms with Gasteiger partial charge in [0.05, 0.1) is 0 Å². The minimum Gasteiger partial charge on any atom is -0.461 e. The number of benzene rings is 2. The molecule has 1 aliphatic heterocycles. The number of fused-ring (bicyclic) bond motifs is 1. The van der Waals surface area contributed by atoms with Crippen LogP contribution in [0.3, 0.4) is 0 Å². The van der Waals surface area contributed by atoms with Crippen molar-refractivity contribution < 1.29 is 9.53 Å². The van der Waals surface area contributed by atoms with E-state index in [0.717, 1.165) is 30.2 Å². The van der Waals surface area contributed by atoms with Crippen molar-refractivity contribution in [2.24, 2.45) is 0 Å². The molecule has 2 aromatic rings. The van der Waals surface area contributed by atoms with Gasteiger partial charge in [0.1, 0.15) is 12.0 Å². The Labute approximate surface area is 118 Å². The van der Waals surface area contributed by atoms with E-state index >= 15 is 0 Å². The van der Waals surface area contributed by atoms with Gasteiger partial charge in [-0.1, -0.05) is 42.5 Å². The summed E-state index contributed by atoms with van der Waals surface area (Å²) in [4.78, 5) is 11.7. The van der Waals surface area contributed by atoms with Gasteiger partial charge in [0.25, 0.3) is 0 Å². The molecule has 20 heavy (non-hydrogen) atoms. The van der Waals surface area contributed by atoms with Crippen LogP contribution in [0.15, 0.2) is 42.5 Å². The van der Waals surface area contributed by atoms with Crippen molar-refractivity contribution in [3.05, 3.63) is 48.0 Å². The molecule has 0 N–H and O–H groups in total. The number of carbonyl (C=O) groups excluding carboxylic acids is 1. The van der Waals surface area contributed by atoms with E-state index in [0.29, 0.717) is 0 Å². The maximum Gasteiger partial charge on any atom is 0.317 e. The molecular weight excluding hydrogens is 248 g/mol. The Morgan fingerprint density at radius 2 is 1.95 bits per heavy atom. The average molecular weight is 264 g/mol. The topological polar surface area (TPSA) is 26.3 Å². The number of esters is 1. The van der Waals surface area contributed by atoms with E-state index in [2.05, 4.69) is 30.2 Å². The summed E-state index contributed by atoms with van der Waals surface area (Å²) in [6, 6.07) is 14.3. The van der Waals surface area contributed by atoms with E-state index in [9.17, 15) is 4.79 Å². The van der Waals surface area contributed by atoms with Crippen molar-refractivity contribution in [1.82, 2.24) is 0 Å². The Morgan fingerprint density at radius 1 is 1.15 bits per heavy atom. The fourth-order valence-electron chi connectivity index (χ4n) is 2.75. The minimum atomic E-state index is -0.127. The molecule has 2 heteroatoms. The van der Waals surface area contributed by atoms with Crippen LogP contribution < -0.4 is 0 Å². The Bertz CT molecular complexity index is 681. The van der Waals surface area contributed by atoms with Crippen LogP contribution in [0.1, 0.15) is 30.7 Å². The zero-order chi connectivity index (χ0) is 13.9. The molecule has 0 aliphatic carbocycles. The van der Waals surface area contributed by atoms with Gasteiger partial charge in [-0.05, 0) is 29.2 Å². The quantitative estimate of drug-likeness (QED) is 0.478. The van der Waals surface area contributed by atoms with E-state index in [1.54, 1.807) is 0 Å². The van der Waals surface area contributed by atoms with Crippen LogP contribution in [-0.4, -0.2) is 12.1 Å². The van der Waals surface area contributed by atoms with Crippen molar-refractivity contribution in [1.29, 1.82) is 0 Å². The molecule has 1 aliphatic rings. The van der Waals surface area contributed by atoms with Crippen LogP contribution in [-0.2, 0) is 9.53 Å². The van der Waals surface area contributed by atoms with Gasteiger partial charge in [-0.2, -0.15) is 0 Å². The highest BCUT2D eigenvalue weighted by atomic mass is 16.6. The van der Waals surface area contributed by atoms with Crippen molar-refractivity contribution in [3.63, 3.8) is 0 Å². The number of hydrogen-bond acceptors (Lipinski definition) is 2. The van der Waals surface area contributed by atoms with Crippen LogP contribution in [0, 0.1) is 12.3 Å². The van der Waals surface area contributed by atoms with E-state index in [4.69, 9.17) is 11.2 Å². The molecule has 0 aromatic heterocycles. The summed E-state index contributed by atoms with van der Waals surface area (Å²) in [5.74, 6) is 2.37. The monoisotopic (exact) mass is 264 g/mol. The zero-order valence-electron chi connectivity index (χ0n) is 11.2. The number of cyclic esters (lactones) is 1. The SMILES string of the molecule is C#CCCC[C@H]1OC(=O)[C@@H]1c1ccc2ccccc2c1. The zero-order valence-corrected chi connectivity index (χ0v) is 11.2. The summed E-state index contributed by atoms with van der Waals surface area (Å²) in [6.45, 7) is 0. The number of carbonyl (C=O) groups is 1. The fraction of sp³-hybridized carbons (Fsp3) is 0.278. The van der Waals surface area contributed by atoms with Crippen LogP contribution in [0.2, 0.25) is 0 Å². The predicted molar refractivity (Wildman–Crippen MR) is 79.3 cm³/mol. The fourth-order valence-corrected chi connectivity index (χ4v) is 2.75. The average Bonchev–Trinajstić information content (AvgIpc) is 2.46. The number of terminal acetylenes is 1. The summed E-state index contributed by atoms with van der Waals surface area (Å²) >= 11 is 0. The highest BCUT2D eigenvalue weighted by molar-refractivity contribution is 5.88. The van der Waals surface area contributed by atoms with Crippen LogP contribution in [0.4, 0.5) is 0 Å². The van der Waals surface area contributed by atoms with Crippen molar-refractivity contribution >= 4 is 16.7 Å². The lowest BCUT2D eigenvalue weighted by Gasteiger charge is -2.35. The number of ether oxygens (including phenoxy) is 1. The molecular formula is C18H16O2. The Balaban J connectivity index is 1.82. The van der Waals surface area contributed by atoms with Gasteiger partial charge in [-0.25, -0.2) is 0 Å². The van der Waals surface area contributed by atoms with Gasteiger partial charge in [0.15, 0.2) is 0 Å². The second kappa shape index (κ2) is 5.38. The van der Waals surface area contributed by atoms with Crippen LogP contribution in [0.25, 0.3) is 10.8 Å². The largest absolute Gasteiger partial charge is 0.461 e. The molecule has 1 saturated heterocycles. The third-order valence-corrected chi connectivity index (χ3v) is 3.84. The smallest absolute Gasteiger partial charge is 0.317 e. The van der Waals surface area contributed by atoms with E-state index in [1.165, 1.54) is 5.39 Å². The Kier molecular flexibility index (Phi) is 3.43. The second-order valence-corrected chi connectivity index (χ2v) is 5.16. The lowest BCUT2D eigenvalue weighted by atomic mass is 9.85. The summed E-state index contributed by atoms with van der Waals surface area (Å²) in [5, 5.41) is 2.35. The Morgan fingerprint density at radius 3 is 2.70 bits per heavy atom. The molecule has 2 aromatic carbocycles. The highest BCUT2D eigenvalue weighted by Crippen LogP contribution is 2.36. The van der Waals surface area contributed by atoms with Crippen LogP contribution in [0.5, 0.6) is 0 Å². The maximum absolute atomic E-state index is 11.7. The molecule has 0 amide bonds. The first-order chi connectivity index (χ1) is 9.79. The summed E-state index contributed by atoms with van der Waals surface area (Å²) in [6.07, 6.45) is 7.71. The number of unbranched alkanes of at least 4 members (excludes halogenated alkanes) is 1. The van der Waals surface area contributed by atoms with E-state index in [1.807, 2.05) is 18.2 Å². The molecule has 1 heterocycles. The van der Waals surface area contributed by atoms with Crippen molar-refractivity contribution in [2.75, 3.05) is 0 Å². The molecule has 3 rings (SSSR count). The molecule has 0 bridgehead atoms. The highest BCUT2D eigenvalue weighted by Gasteiger charge is 2.42. The third-order valence-electron chi connectivity index (χ3n) is 3.84. The van der Waals surface area contributed by atoms with Gasteiger partial charge < -0.3 is 4.74 Å². The molecule has 1 fully saturated rings. The van der Waals surface area contributed by atoms with E-state index in [-0.39, 0.29) is 18.0 Å². The lowest BCUT2D eigenvalue weighted by molar-refractivity contribution is -0.175. The first kappa shape index (κ1) is 12.7. The number of hydrogen-bond donors (Lipinski definition) is 0. The summed E-state index contributed by atoms with van der Waals surface area (Å²) in [5.41, 5.74) is 1.05. The van der Waals surface area contributed by atoms with E-state index < -0.39 is 0 Å². The van der Waals surface area contributed by atoms with Crippen molar-refractivity contribution in [2.45, 2.75) is 31.3 Å². The lowest BCUT2D eigenvalue weighted by Crippen LogP contribution is -2.42. The summed E-state index contributed by atoms with van der Waals surface area (Å²) in [7, 11) is 0. The Hall–Kier alpha value is -2.27. The molecule has 100 valence electrons.